The molecule has 1 aliphatic heterocycles. The maximum atomic E-state index is 13.4. The van der Waals surface area contributed by atoms with Gasteiger partial charge in [-0.3, -0.25) is 0 Å². The zero-order valence-corrected chi connectivity index (χ0v) is 25.5. The molecule has 0 unspecified atom stereocenters. The quantitative estimate of drug-likeness (QED) is 0.297. The molecular weight excluding hydrogens is 498 g/mol. The molecule has 1 aliphatic rings. The lowest BCUT2D eigenvalue weighted by Gasteiger charge is -2.46. The Hall–Kier alpha value is -2.89. The van der Waals surface area contributed by atoms with Crippen LogP contribution >= 0.6 is 0 Å². The van der Waals surface area contributed by atoms with E-state index in [4.69, 9.17) is 9.16 Å². The molecule has 3 aromatic carbocycles. The van der Waals surface area contributed by atoms with E-state index in [2.05, 4.69) is 112 Å². The lowest BCUT2D eigenvalue weighted by atomic mass is 9.86. The minimum Gasteiger partial charge on any atom is -0.444 e. The number of benzene rings is 3. The molecule has 0 radical (unpaired) electrons. The van der Waals surface area contributed by atoms with Crippen molar-refractivity contribution in [3.05, 3.63) is 96.6 Å². The molecule has 3 aromatic rings. The van der Waals surface area contributed by atoms with Gasteiger partial charge in [0.1, 0.15) is 5.60 Å². The molecule has 39 heavy (non-hydrogen) atoms. The average Bonchev–Trinajstić information content (AvgIpc) is 2.91. The summed E-state index contributed by atoms with van der Waals surface area (Å²) in [7, 11) is -2.73. The molecule has 0 bridgehead atoms. The Morgan fingerprint density at radius 3 is 1.82 bits per heavy atom. The summed E-state index contributed by atoms with van der Waals surface area (Å²) in [6.07, 6.45) is 2.79. The molecule has 0 N–H and O–H groups in total. The topological polar surface area (TPSA) is 38.8 Å². The summed E-state index contributed by atoms with van der Waals surface area (Å²) < 4.78 is 13.3. The monoisotopic (exact) mass is 543 g/mol. The van der Waals surface area contributed by atoms with Crippen LogP contribution in [0.2, 0.25) is 5.04 Å². The third kappa shape index (κ3) is 6.64. The van der Waals surface area contributed by atoms with Crippen molar-refractivity contribution in [2.24, 2.45) is 0 Å². The van der Waals surface area contributed by atoms with Crippen LogP contribution in [0.1, 0.15) is 72.3 Å². The first-order valence-electron chi connectivity index (χ1n) is 14.3. The maximum absolute atomic E-state index is 13.4. The van der Waals surface area contributed by atoms with Crippen LogP contribution in [-0.2, 0) is 9.16 Å². The van der Waals surface area contributed by atoms with Crippen LogP contribution in [0, 0.1) is 0 Å². The standard InChI is InChI=1S/C34H45NO3Si/c1-33(2,3)38-32(36)35-25-17-16-24-31(35)30(27-18-10-7-11-19-27)26-37-39(34(4,5)6,28-20-12-8-13-21-28)29-22-14-9-15-23-29/h7-15,18-23,30-31H,16-17,24-26H2,1-6H3/t30-,31-/m1/s1. The van der Waals surface area contributed by atoms with Gasteiger partial charge in [0, 0.05) is 25.1 Å². The maximum Gasteiger partial charge on any atom is 0.410 e. The molecule has 0 aromatic heterocycles. The molecule has 1 amide bonds. The number of carbonyl (C=O) groups excluding carboxylic acids is 1. The highest BCUT2D eigenvalue weighted by Crippen LogP contribution is 2.39. The Bertz CT molecular complexity index is 1150. The van der Waals surface area contributed by atoms with Gasteiger partial charge in [0.05, 0.1) is 0 Å². The predicted octanol–water partition coefficient (Wildman–Crippen LogP) is 7.14. The Balaban J connectivity index is 1.78. The van der Waals surface area contributed by atoms with Crippen molar-refractivity contribution in [2.45, 2.75) is 83.4 Å². The largest absolute Gasteiger partial charge is 0.444 e. The number of piperidine rings is 1. The highest BCUT2D eigenvalue weighted by Gasteiger charge is 2.51. The Morgan fingerprint density at radius 2 is 1.33 bits per heavy atom. The molecule has 0 saturated carbocycles. The number of hydrogen-bond acceptors (Lipinski definition) is 3. The third-order valence-electron chi connectivity index (χ3n) is 7.77. The van der Waals surface area contributed by atoms with Gasteiger partial charge in [-0.2, -0.15) is 0 Å². The normalized spacial score (nSPS) is 17.5. The van der Waals surface area contributed by atoms with Crippen molar-refractivity contribution in [3.8, 4) is 0 Å². The number of rotatable bonds is 7. The van der Waals surface area contributed by atoms with E-state index in [1.807, 2.05) is 25.7 Å². The van der Waals surface area contributed by atoms with Gasteiger partial charge in [-0.1, -0.05) is 112 Å². The van der Waals surface area contributed by atoms with Crippen molar-refractivity contribution in [3.63, 3.8) is 0 Å². The minimum absolute atomic E-state index is 0.00853. The van der Waals surface area contributed by atoms with Crippen molar-refractivity contribution >= 4 is 24.8 Å². The molecule has 1 heterocycles. The third-order valence-corrected chi connectivity index (χ3v) is 12.8. The zero-order valence-electron chi connectivity index (χ0n) is 24.5. The number of nitrogens with zero attached hydrogens (tertiary/aromatic N) is 1. The average molecular weight is 544 g/mol. The lowest BCUT2D eigenvalue weighted by molar-refractivity contribution is 0.00384. The lowest BCUT2D eigenvalue weighted by Crippen LogP contribution is -2.67. The molecule has 4 nitrogen and oxygen atoms in total. The van der Waals surface area contributed by atoms with Gasteiger partial charge in [0.15, 0.2) is 0 Å². The van der Waals surface area contributed by atoms with E-state index >= 15 is 0 Å². The Labute approximate surface area is 236 Å². The minimum atomic E-state index is -2.73. The summed E-state index contributed by atoms with van der Waals surface area (Å²) in [5.41, 5.74) is 0.670. The molecule has 0 spiro atoms. The number of carbonyl (C=O) groups is 1. The number of ether oxygens (including phenoxy) is 1. The molecule has 208 valence electrons. The second-order valence-electron chi connectivity index (χ2n) is 12.7. The van der Waals surface area contributed by atoms with Gasteiger partial charge in [-0.05, 0) is 61.0 Å². The fourth-order valence-corrected chi connectivity index (χ4v) is 10.6. The summed E-state index contributed by atoms with van der Waals surface area (Å²) in [4.78, 5) is 15.4. The molecule has 0 aliphatic carbocycles. The van der Waals surface area contributed by atoms with Crippen LogP contribution in [-0.4, -0.2) is 44.1 Å². The van der Waals surface area contributed by atoms with Gasteiger partial charge >= 0.3 is 6.09 Å². The summed E-state index contributed by atoms with van der Waals surface area (Å²) in [5, 5.41) is 2.42. The van der Waals surface area contributed by atoms with Gasteiger partial charge in [0.2, 0.25) is 0 Å². The van der Waals surface area contributed by atoms with Crippen LogP contribution < -0.4 is 10.4 Å². The van der Waals surface area contributed by atoms with E-state index in [1.165, 1.54) is 15.9 Å². The van der Waals surface area contributed by atoms with Crippen molar-refractivity contribution in [1.29, 1.82) is 0 Å². The molecular formula is C34H45NO3Si. The van der Waals surface area contributed by atoms with Crippen LogP contribution in [0.4, 0.5) is 4.79 Å². The summed E-state index contributed by atoms with van der Waals surface area (Å²) in [6.45, 7) is 14.0. The first-order chi connectivity index (χ1) is 18.5. The van der Waals surface area contributed by atoms with E-state index in [9.17, 15) is 4.79 Å². The van der Waals surface area contributed by atoms with Crippen molar-refractivity contribution in [2.75, 3.05) is 13.2 Å². The van der Waals surface area contributed by atoms with E-state index in [-0.39, 0.29) is 23.1 Å². The van der Waals surface area contributed by atoms with E-state index < -0.39 is 13.9 Å². The number of amides is 1. The molecule has 1 fully saturated rings. The van der Waals surface area contributed by atoms with Gasteiger partial charge in [-0.25, -0.2) is 4.79 Å². The summed E-state index contributed by atoms with van der Waals surface area (Å²) in [6, 6.07) is 32.2. The molecule has 1 saturated heterocycles. The van der Waals surface area contributed by atoms with E-state index in [1.54, 1.807) is 0 Å². The predicted molar refractivity (Wildman–Crippen MR) is 163 cm³/mol. The second-order valence-corrected chi connectivity index (χ2v) is 17.0. The summed E-state index contributed by atoms with van der Waals surface area (Å²) >= 11 is 0. The molecule has 4 rings (SSSR count). The smallest absolute Gasteiger partial charge is 0.410 e. The van der Waals surface area contributed by atoms with Crippen LogP contribution in [0.15, 0.2) is 91.0 Å². The van der Waals surface area contributed by atoms with E-state index in [0.717, 1.165) is 19.3 Å². The first-order valence-corrected chi connectivity index (χ1v) is 16.2. The van der Waals surface area contributed by atoms with Gasteiger partial charge in [-0.15, -0.1) is 0 Å². The SMILES string of the molecule is CC(C)(C)OC(=O)N1CCCC[C@@H]1[C@H](CO[Si](c1ccccc1)(c1ccccc1)C(C)(C)C)c1ccccc1. The Morgan fingerprint density at radius 1 is 0.821 bits per heavy atom. The Kier molecular flexibility index (Phi) is 9.02. The highest BCUT2D eigenvalue weighted by atomic mass is 28.4. The van der Waals surface area contributed by atoms with Crippen LogP contribution in [0.3, 0.4) is 0 Å². The molecule has 5 heteroatoms. The van der Waals surface area contributed by atoms with E-state index in [0.29, 0.717) is 13.2 Å². The van der Waals surface area contributed by atoms with Crippen molar-refractivity contribution in [1.82, 2.24) is 4.90 Å². The zero-order chi connectivity index (χ0) is 28.1. The van der Waals surface area contributed by atoms with Gasteiger partial charge < -0.3 is 14.1 Å². The first kappa shape index (κ1) is 29.1. The van der Waals surface area contributed by atoms with Crippen LogP contribution in [0.25, 0.3) is 0 Å². The number of hydrogen-bond donors (Lipinski definition) is 0. The fourth-order valence-electron chi connectivity index (χ4n) is 6.03. The second kappa shape index (κ2) is 12.1. The van der Waals surface area contributed by atoms with Crippen LogP contribution in [0.5, 0.6) is 0 Å². The molecule has 2 atom stereocenters. The summed E-state index contributed by atoms with van der Waals surface area (Å²) in [5.74, 6) is 0.0284. The fraction of sp³-hybridized carbons (Fsp3) is 0.441. The highest BCUT2D eigenvalue weighted by molar-refractivity contribution is 6.99. The van der Waals surface area contributed by atoms with Gasteiger partial charge in [0.25, 0.3) is 8.32 Å². The number of likely N-dealkylation sites (tertiary alicyclic amines) is 1. The van der Waals surface area contributed by atoms with Crippen molar-refractivity contribution < 1.29 is 14.0 Å².